The van der Waals surface area contributed by atoms with Crippen molar-refractivity contribution in [3.63, 3.8) is 0 Å². The summed E-state index contributed by atoms with van der Waals surface area (Å²) in [6, 6.07) is 26.6. The first-order chi connectivity index (χ1) is 21.3. The molecule has 234 valence electrons. The van der Waals surface area contributed by atoms with E-state index in [4.69, 9.17) is 5.11 Å². The highest BCUT2D eigenvalue weighted by atomic mass is 16.4. The second kappa shape index (κ2) is 14.8. The van der Waals surface area contributed by atoms with Gasteiger partial charge in [-0.15, -0.1) is 0 Å². The molecule has 0 bridgehead atoms. The Kier molecular flexibility index (Phi) is 10.7. The Labute approximate surface area is 261 Å². The van der Waals surface area contributed by atoms with Crippen LogP contribution in [-0.2, 0) is 11.3 Å². The van der Waals surface area contributed by atoms with E-state index in [-0.39, 0.29) is 30.2 Å². The molecule has 8 nitrogen and oxygen atoms in total. The third-order valence-corrected chi connectivity index (χ3v) is 9.10. The van der Waals surface area contributed by atoms with Crippen LogP contribution in [-0.4, -0.2) is 99.6 Å². The Hall–Kier alpha value is -3.72. The summed E-state index contributed by atoms with van der Waals surface area (Å²) in [5, 5.41) is 19.4. The van der Waals surface area contributed by atoms with Crippen LogP contribution in [0.15, 0.2) is 78.9 Å². The monoisotopic (exact) mass is 598 g/mol. The van der Waals surface area contributed by atoms with Gasteiger partial charge in [-0.05, 0) is 80.7 Å². The molecule has 0 radical (unpaired) electrons. The summed E-state index contributed by atoms with van der Waals surface area (Å²) in [4.78, 5) is 34.0. The molecular weight excluding hydrogens is 552 g/mol. The average Bonchev–Trinajstić information content (AvgIpc) is 3.26. The van der Waals surface area contributed by atoms with Crippen molar-refractivity contribution in [2.75, 3.05) is 45.8 Å². The van der Waals surface area contributed by atoms with Gasteiger partial charge in [-0.2, -0.15) is 0 Å². The van der Waals surface area contributed by atoms with Crippen molar-refractivity contribution in [3.8, 4) is 5.75 Å². The highest BCUT2D eigenvalue weighted by Crippen LogP contribution is 2.35. The lowest BCUT2D eigenvalue weighted by Crippen LogP contribution is -2.56. The number of carboxylic acids is 1. The second-order valence-corrected chi connectivity index (χ2v) is 12.4. The van der Waals surface area contributed by atoms with Gasteiger partial charge in [0.15, 0.2) is 0 Å². The van der Waals surface area contributed by atoms with Gasteiger partial charge in [-0.1, -0.05) is 54.6 Å². The molecule has 3 aromatic rings. The number of amides is 1. The summed E-state index contributed by atoms with van der Waals surface area (Å²) in [6.07, 6.45) is 1.66. The fraction of sp³-hybridized carbons (Fsp3) is 0.444. The van der Waals surface area contributed by atoms with Gasteiger partial charge < -0.3 is 20.0 Å². The average molecular weight is 599 g/mol. The summed E-state index contributed by atoms with van der Waals surface area (Å²) in [7, 11) is 0. The number of phenols is 1. The molecule has 44 heavy (non-hydrogen) atoms. The van der Waals surface area contributed by atoms with Crippen molar-refractivity contribution in [1.29, 1.82) is 0 Å². The van der Waals surface area contributed by atoms with Crippen molar-refractivity contribution < 1.29 is 19.8 Å². The van der Waals surface area contributed by atoms with Crippen LogP contribution in [0.4, 0.5) is 0 Å². The number of aromatic hydroxyl groups is 1. The number of carbonyl (C=O) groups excluding carboxylic acids is 1. The topological polar surface area (TPSA) is 87.6 Å². The van der Waals surface area contributed by atoms with Gasteiger partial charge in [0, 0.05) is 63.3 Å². The van der Waals surface area contributed by atoms with E-state index in [1.807, 2.05) is 35.2 Å². The van der Waals surface area contributed by atoms with Crippen LogP contribution in [0.1, 0.15) is 66.2 Å². The molecule has 2 saturated heterocycles. The molecule has 3 aromatic carbocycles. The molecule has 0 aliphatic carbocycles. The van der Waals surface area contributed by atoms with Gasteiger partial charge in [0.2, 0.25) is 0 Å². The summed E-state index contributed by atoms with van der Waals surface area (Å²) < 4.78 is 0. The molecule has 0 aromatic heterocycles. The molecule has 5 rings (SSSR count). The van der Waals surface area contributed by atoms with E-state index in [1.54, 1.807) is 6.07 Å². The van der Waals surface area contributed by atoms with Crippen LogP contribution in [0, 0.1) is 0 Å². The second-order valence-electron chi connectivity index (χ2n) is 12.4. The van der Waals surface area contributed by atoms with Crippen molar-refractivity contribution >= 4 is 11.9 Å². The van der Waals surface area contributed by atoms with E-state index >= 15 is 0 Å². The summed E-state index contributed by atoms with van der Waals surface area (Å²) in [5.41, 5.74) is 4.04. The zero-order valence-electron chi connectivity index (χ0n) is 26.0. The van der Waals surface area contributed by atoms with Crippen LogP contribution < -0.4 is 0 Å². The Morgan fingerprint density at radius 1 is 0.841 bits per heavy atom. The Morgan fingerprint density at radius 3 is 2.34 bits per heavy atom. The van der Waals surface area contributed by atoms with E-state index in [0.29, 0.717) is 31.1 Å². The first-order valence-electron chi connectivity index (χ1n) is 15.9. The number of rotatable bonds is 10. The zero-order valence-corrected chi connectivity index (χ0v) is 26.0. The first kappa shape index (κ1) is 31.7. The molecule has 2 fully saturated rings. The number of hydrogen-bond donors (Lipinski definition) is 2. The van der Waals surface area contributed by atoms with Crippen LogP contribution in [0.25, 0.3) is 0 Å². The minimum Gasteiger partial charge on any atom is -0.508 e. The number of hydrogen-bond acceptors (Lipinski definition) is 6. The highest BCUT2D eigenvalue weighted by Gasteiger charge is 2.35. The largest absolute Gasteiger partial charge is 0.508 e. The Morgan fingerprint density at radius 2 is 1.59 bits per heavy atom. The van der Waals surface area contributed by atoms with Gasteiger partial charge in [0.1, 0.15) is 5.75 Å². The Balaban J connectivity index is 1.35. The standard InChI is InChI=1S/C36H46N4O4/c1-27-25-40(28(2)24-39(27)26-29-10-4-3-5-11-29)35(31-13-7-15-33(41)23-31)30-12-6-14-32(22-30)36(44)38-19-9-18-37(20-21-38)17-8-16-34(42)43/h3-7,10-15,22-23,27-28,35,41H,8-9,16-21,24-26H2,1-2H3,(H,42,43)/t27-,28+,35?/m1/s1. The fourth-order valence-corrected chi connectivity index (χ4v) is 6.77. The van der Waals surface area contributed by atoms with E-state index in [2.05, 4.69) is 71.0 Å². The predicted octanol–water partition coefficient (Wildman–Crippen LogP) is 5.09. The maximum atomic E-state index is 13.8. The smallest absolute Gasteiger partial charge is 0.303 e. The first-order valence-corrected chi connectivity index (χ1v) is 15.9. The molecular formula is C36H46N4O4. The van der Waals surface area contributed by atoms with Crippen LogP contribution in [0.3, 0.4) is 0 Å². The number of nitrogens with zero attached hydrogens (tertiary/aromatic N) is 4. The third-order valence-electron chi connectivity index (χ3n) is 9.10. The predicted molar refractivity (Wildman–Crippen MR) is 173 cm³/mol. The van der Waals surface area contributed by atoms with Crippen molar-refractivity contribution in [2.45, 2.75) is 57.8 Å². The van der Waals surface area contributed by atoms with E-state index in [0.717, 1.165) is 56.8 Å². The number of piperazine rings is 1. The van der Waals surface area contributed by atoms with Crippen LogP contribution in [0.2, 0.25) is 0 Å². The number of aliphatic carboxylic acids is 1. The van der Waals surface area contributed by atoms with Gasteiger partial charge in [-0.3, -0.25) is 19.4 Å². The molecule has 3 atom stereocenters. The number of carboxylic acid groups (broad SMARTS) is 1. The third kappa shape index (κ3) is 8.05. The Bertz CT molecular complexity index is 1400. The lowest BCUT2D eigenvalue weighted by atomic mass is 9.92. The highest BCUT2D eigenvalue weighted by molar-refractivity contribution is 5.94. The molecule has 1 amide bonds. The number of benzene rings is 3. The van der Waals surface area contributed by atoms with Crippen molar-refractivity contribution in [3.05, 3.63) is 101 Å². The summed E-state index contributed by atoms with van der Waals surface area (Å²) in [6.45, 7) is 10.9. The maximum absolute atomic E-state index is 13.8. The maximum Gasteiger partial charge on any atom is 0.303 e. The lowest BCUT2D eigenvalue weighted by molar-refractivity contribution is -0.137. The summed E-state index contributed by atoms with van der Waals surface area (Å²) >= 11 is 0. The van der Waals surface area contributed by atoms with E-state index in [9.17, 15) is 14.7 Å². The quantitative estimate of drug-likeness (QED) is 0.336. The van der Waals surface area contributed by atoms with Crippen LogP contribution >= 0.6 is 0 Å². The SMILES string of the molecule is C[C@@H]1CN(C(c2cccc(O)c2)c2cccc(C(=O)N3CCCN(CCCC(=O)O)CC3)c2)[C@@H](C)CN1Cc1ccccc1. The van der Waals surface area contributed by atoms with E-state index < -0.39 is 5.97 Å². The van der Waals surface area contributed by atoms with E-state index in [1.165, 1.54) is 5.56 Å². The molecule has 2 N–H and O–H groups in total. The van der Waals surface area contributed by atoms with Gasteiger partial charge in [0.25, 0.3) is 5.91 Å². The number of carbonyl (C=O) groups is 2. The van der Waals surface area contributed by atoms with Crippen LogP contribution in [0.5, 0.6) is 5.75 Å². The minimum absolute atomic E-state index is 0.0305. The number of phenolic OH excluding ortho intramolecular Hbond substituents is 1. The normalized spacial score (nSPS) is 21.1. The zero-order chi connectivity index (χ0) is 31.1. The molecule has 0 saturated carbocycles. The molecule has 0 spiro atoms. The molecule has 2 heterocycles. The molecule has 2 aliphatic heterocycles. The lowest BCUT2D eigenvalue weighted by Gasteiger charge is -2.47. The summed E-state index contributed by atoms with van der Waals surface area (Å²) in [5.74, 6) is -0.498. The van der Waals surface area contributed by atoms with Gasteiger partial charge >= 0.3 is 5.97 Å². The molecule has 2 aliphatic rings. The van der Waals surface area contributed by atoms with Gasteiger partial charge in [0.05, 0.1) is 6.04 Å². The minimum atomic E-state index is -0.765. The van der Waals surface area contributed by atoms with Crippen molar-refractivity contribution in [1.82, 2.24) is 19.6 Å². The fourth-order valence-electron chi connectivity index (χ4n) is 6.77. The molecule has 1 unspecified atom stereocenters. The van der Waals surface area contributed by atoms with Gasteiger partial charge in [-0.25, -0.2) is 0 Å². The molecule has 8 heteroatoms. The van der Waals surface area contributed by atoms with Crippen molar-refractivity contribution in [2.24, 2.45) is 0 Å².